The number of ether oxygens (including phenoxy) is 1. The molecule has 19 heavy (non-hydrogen) atoms. The molecule has 0 saturated carbocycles. The molecule has 2 aromatic rings. The van der Waals surface area contributed by atoms with Crippen LogP contribution in [0.1, 0.15) is 16.1 Å². The second-order valence-electron chi connectivity index (χ2n) is 3.54. The van der Waals surface area contributed by atoms with Crippen molar-refractivity contribution in [2.24, 2.45) is 0 Å². The van der Waals surface area contributed by atoms with E-state index in [1.165, 1.54) is 31.2 Å². The lowest BCUT2D eigenvalue weighted by molar-refractivity contribution is 0.0598. The monoisotopic (exact) mass is 280 g/mol. The Morgan fingerprint density at radius 1 is 1.42 bits per heavy atom. The summed E-state index contributed by atoms with van der Waals surface area (Å²) in [6.45, 7) is 0. The van der Waals surface area contributed by atoms with E-state index in [9.17, 15) is 4.79 Å². The lowest BCUT2D eigenvalue weighted by Crippen LogP contribution is -2.03. The van der Waals surface area contributed by atoms with Crippen molar-refractivity contribution < 1.29 is 13.9 Å². The summed E-state index contributed by atoms with van der Waals surface area (Å²) in [7, 11) is 1.31. The molecule has 8 heteroatoms. The fourth-order valence-corrected chi connectivity index (χ4v) is 2.22. The van der Waals surface area contributed by atoms with E-state index in [0.29, 0.717) is 33.9 Å². The highest BCUT2D eigenvalue weighted by atomic mass is 32.2. The van der Waals surface area contributed by atoms with Crippen LogP contribution in [0.3, 0.4) is 0 Å². The first-order chi connectivity index (χ1) is 9.10. The van der Waals surface area contributed by atoms with E-state index < -0.39 is 5.97 Å². The van der Waals surface area contributed by atoms with Gasteiger partial charge in [-0.15, -0.1) is 0 Å². The zero-order valence-corrected chi connectivity index (χ0v) is 10.9. The maximum Gasteiger partial charge on any atom is 0.341 e. The molecule has 0 fully saturated rings. The summed E-state index contributed by atoms with van der Waals surface area (Å²) in [6.07, 6.45) is 1.43. The molecule has 0 saturated heterocycles. The second kappa shape index (κ2) is 5.61. The van der Waals surface area contributed by atoms with E-state index in [2.05, 4.69) is 14.7 Å². The summed E-state index contributed by atoms with van der Waals surface area (Å²) >= 11 is 1.26. The number of methoxy groups -OCH3 is 1. The third kappa shape index (κ3) is 3.16. The number of thioether (sulfide) groups is 1. The number of esters is 1. The third-order valence-electron chi connectivity index (χ3n) is 2.23. The number of nitrogens with two attached hydrogens (primary N) is 2. The standard InChI is InChI=1S/C11H12N4O3S/c1-17-10(16)6-2-3-18-7(6)5-19-11-14-8(12)4-9(13)15-11/h2-4H,5H2,1H3,(H4,12,13,14,15). The average molecular weight is 280 g/mol. The number of nitrogen functional groups attached to an aromatic ring is 2. The molecule has 0 spiro atoms. The molecule has 7 nitrogen and oxygen atoms in total. The van der Waals surface area contributed by atoms with Gasteiger partial charge >= 0.3 is 5.97 Å². The van der Waals surface area contributed by atoms with Gasteiger partial charge in [-0.3, -0.25) is 0 Å². The molecular formula is C11H12N4O3S. The van der Waals surface area contributed by atoms with Crippen molar-refractivity contribution in [1.29, 1.82) is 0 Å². The number of hydrogen-bond acceptors (Lipinski definition) is 8. The molecule has 0 aromatic carbocycles. The Balaban J connectivity index is 2.10. The van der Waals surface area contributed by atoms with Crippen LogP contribution in [0.2, 0.25) is 0 Å². The van der Waals surface area contributed by atoms with Gasteiger partial charge in [-0.05, 0) is 6.07 Å². The lowest BCUT2D eigenvalue weighted by Gasteiger charge is -2.02. The molecule has 0 radical (unpaired) electrons. The molecule has 2 rings (SSSR count). The van der Waals surface area contributed by atoms with E-state index in [4.69, 9.17) is 15.9 Å². The minimum absolute atomic E-state index is 0.294. The van der Waals surface area contributed by atoms with Crippen molar-refractivity contribution in [3.05, 3.63) is 29.7 Å². The van der Waals surface area contributed by atoms with Crippen molar-refractivity contribution >= 4 is 29.4 Å². The molecule has 100 valence electrons. The molecule has 0 aliphatic heterocycles. The van der Waals surface area contributed by atoms with Crippen LogP contribution in [0.4, 0.5) is 11.6 Å². The summed E-state index contributed by atoms with van der Waals surface area (Å²) in [5, 5.41) is 0.421. The van der Waals surface area contributed by atoms with Crippen LogP contribution in [0, 0.1) is 0 Å². The topological polar surface area (TPSA) is 117 Å². The highest BCUT2D eigenvalue weighted by Crippen LogP contribution is 2.24. The van der Waals surface area contributed by atoms with Gasteiger partial charge < -0.3 is 20.6 Å². The Labute approximate surface area is 113 Å². The summed E-state index contributed by atoms with van der Waals surface area (Å²) in [5.74, 6) is 1.00. The third-order valence-corrected chi connectivity index (χ3v) is 3.08. The van der Waals surface area contributed by atoms with Crippen LogP contribution < -0.4 is 11.5 Å². The van der Waals surface area contributed by atoms with Gasteiger partial charge in [0.15, 0.2) is 5.16 Å². The molecule has 0 amide bonds. The van der Waals surface area contributed by atoms with Gasteiger partial charge in [0.05, 0.1) is 19.1 Å². The smallest absolute Gasteiger partial charge is 0.341 e. The second-order valence-corrected chi connectivity index (χ2v) is 4.48. The van der Waals surface area contributed by atoms with Gasteiger partial charge in [0, 0.05) is 6.07 Å². The summed E-state index contributed by atoms with van der Waals surface area (Å²) in [6, 6.07) is 3.02. The molecule has 2 heterocycles. The first kappa shape index (κ1) is 13.2. The molecule has 0 bridgehead atoms. The van der Waals surface area contributed by atoms with Gasteiger partial charge in [0.25, 0.3) is 0 Å². The fraction of sp³-hybridized carbons (Fsp3) is 0.182. The maximum absolute atomic E-state index is 11.5. The molecule has 0 atom stereocenters. The summed E-state index contributed by atoms with van der Waals surface area (Å²) in [4.78, 5) is 19.5. The number of furan rings is 1. The van der Waals surface area contributed by atoms with E-state index in [1.807, 2.05) is 0 Å². The average Bonchev–Trinajstić information content (AvgIpc) is 2.82. The number of carbonyl (C=O) groups excluding carboxylic acids is 1. The predicted molar refractivity (Wildman–Crippen MR) is 70.5 cm³/mol. The van der Waals surface area contributed by atoms with Gasteiger partial charge in [-0.1, -0.05) is 11.8 Å². The van der Waals surface area contributed by atoms with Crippen LogP contribution in [-0.2, 0) is 10.5 Å². The highest BCUT2D eigenvalue weighted by Gasteiger charge is 2.15. The number of carbonyl (C=O) groups is 1. The molecule has 0 aliphatic carbocycles. The Morgan fingerprint density at radius 3 is 2.74 bits per heavy atom. The van der Waals surface area contributed by atoms with Crippen LogP contribution in [0.25, 0.3) is 0 Å². The van der Waals surface area contributed by atoms with Crippen molar-refractivity contribution in [3.8, 4) is 0 Å². The maximum atomic E-state index is 11.5. The Kier molecular flexibility index (Phi) is 3.91. The largest absolute Gasteiger partial charge is 0.468 e. The number of anilines is 2. The zero-order chi connectivity index (χ0) is 13.8. The summed E-state index contributed by atoms with van der Waals surface area (Å²) < 4.78 is 9.88. The quantitative estimate of drug-likeness (QED) is 0.489. The molecule has 0 aliphatic rings. The number of aromatic nitrogens is 2. The highest BCUT2D eigenvalue weighted by molar-refractivity contribution is 7.98. The summed E-state index contributed by atoms with van der Waals surface area (Å²) in [5.41, 5.74) is 11.5. The predicted octanol–water partition coefficient (Wildman–Crippen LogP) is 1.31. The normalized spacial score (nSPS) is 10.4. The number of rotatable bonds is 4. The number of nitrogens with zero attached hydrogens (tertiary/aromatic N) is 2. The van der Waals surface area contributed by atoms with Gasteiger partial charge in [0.1, 0.15) is 23.0 Å². The number of hydrogen-bond donors (Lipinski definition) is 2. The molecule has 4 N–H and O–H groups in total. The lowest BCUT2D eigenvalue weighted by atomic mass is 10.3. The first-order valence-electron chi connectivity index (χ1n) is 5.27. The van der Waals surface area contributed by atoms with Gasteiger partial charge in [0.2, 0.25) is 0 Å². The van der Waals surface area contributed by atoms with Crippen LogP contribution in [0.5, 0.6) is 0 Å². The Morgan fingerprint density at radius 2 is 2.11 bits per heavy atom. The van der Waals surface area contributed by atoms with Crippen molar-refractivity contribution in [2.75, 3.05) is 18.6 Å². The van der Waals surface area contributed by atoms with E-state index >= 15 is 0 Å². The van der Waals surface area contributed by atoms with E-state index in [-0.39, 0.29) is 0 Å². The molecule has 2 aromatic heterocycles. The minimum Gasteiger partial charge on any atom is -0.468 e. The van der Waals surface area contributed by atoms with E-state index in [0.717, 1.165) is 0 Å². The van der Waals surface area contributed by atoms with Crippen LogP contribution in [0.15, 0.2) is 28.0 Å². The fourth-order valence-electron chi connectivity index (χ4n) is 1.40. The van der Waals surface area contributed by atoms with Crippen molar-refractivity contribution in [3.63, 3.8) is 0 Å². The molecular weight excluding hydrogens is 268 g/mol. The Hall–Kier alpha value is -2.22. The van der Waals surface area contributed by atoms with Gasteiger partial charge in [-0.2, -0.15) is 0 Å². The molecule has 0 unspecified atom stereocenters. The van der Waals surface area contributed by atoms with E-state index in [1.54, 1.807) is 6.07 Å². The van der Waals surface area contributed by atoms with Crippen molar-refractivity contribution in [2.45, 2.75) is 10.9 Å². The van der Waals surface area contributed by atoms with Crippen LogP contribution in [-0.4, -0.2) is 23.0 Å². The van der Waals surface area contributed by atoms with Crippen molar-refractivity contribution in [1.82, 2.24) is 9.97 Å². The first-order valence-corrected chi connectivity index (χ1v) is 6.26. The van der Waals surface area contributed by atoms with Crippen LogP contribution >= 0.6 is 11.8 Å². The minimum atomic E-state index is -0.447. The van der Waals surface area contributed by atoms with Gasteiger partial charge in [-0.25, -0.2) is 14.8 Å². The Bertz CT molecular complexity index is 579. The SMILES string of the molecule is COC(=O)c1ccoc1CSc1nc(N)cc(N)n1. The zero-order valence-electron chi connectivity index (χ0n) is 10.1.